The second-order valence-electron chi connectivity index (χ2n) is 4.95. The molecule has 0 radical (unpaired) electrons. The molecule has 0 saturated carbocycles. The van der Waals surface area contributed by atoms with Gasteiger partial charge in [0.25, 0.3) is 0 Å². The zero-order valence-electron chi connectivity index (χ0n) is 11.3. The molecule has 1 aromatic rings. The zero-order valence-corrected chi connectivity index (χ0v) is 12.2. The Labute approximate surface area is 108 Å². The van der Waals surface area contributed by atoms with Crippen molar-refractivity contribution in [2.24, 2.45) is 0 Å². The summed E-state index contributed by atoms with van der Waals surface area (Å²) < 4.78 is 0. The first kappa shape index (κ1) is 14.6. The van der Waals surface area contributed by atoms with Gasteiger partial charge in [-0.05, 0) is 24.4 Å². The zero-order chi connectivity index (χ0) is 12.3. The molecule has 0 fully saturated rings. The molecular formula is C15H28NP. The van der Waals surface area contributed by atoms with E-state index in [2.05, 4.69) is 24.9 Å². The maximum Gasteiger partial charge on any atom is 0.0508 e. The van der Waals surface area contributed by atoms with Crippen LogP contribution in [0.25, 0.3) is 0 Å². The number of aryl methyl sites for hydroxylation is 1. The first-order valence-corrected chi connectivity index (χ1v) is 8.85. The Balaban J connectivity index is 1.86. The van der Waals surface area contributed by atoms with Crippen molar-refractivity contribution in [2.45, 2.75) is 70.9 Å². The van der Waals surface area contributed by atoms with Crippen molar-refractivity contribution in [2.75, 3.05) is 5.73 Å². The van der Waals surface area contributed by atoms with Crippen molar-refractivity contribution in [3.63, 3.8) is 0 Å². The molecule has 0 spiro atoms. The number of rotatable bonds is 10. The molecule has 1 heterocycles. The molecule has 98 valence electrons. The predicted octanol–water partition coefficient (Wildman–Crippen LogP) is 5.79. The summed E-state index contributed by atoms with van der Waals surface area (Å²) in [7, 11) is -0.0805. The molecule has 0 aliphatic rings. The van der Waals surface area contributed by atoms with E-state index in [1.54, 1.807) is 0 Å². The summed E-state index contributed by atoms with van der Waals surface area (Å²) in [5.41, 5.74) is 7.04. The fraction of sp³-hybridized carbons (Fsp3) is 0.733. The maximum absolute atomic E-state index is 5.92. The van der Waals surface area contributed by atoms with Crippen LogP contribution in [0.1, 0.15) is 64.7 Å². The molecule has 0 saturated heterocycles. The van der Waals surface area contributed by atoms with Crippen LogP contribution < -0.4 is 5.73 Å². The quantitative estimate of drug-likeness (QED) is 0.525. The van der Waals surface area contributed by atoms with Crippen molar-refractivity contribution >= 4 is 13.0 Å². The first-order chi connectivity index (χ1) is 8.34. The Bertz CT molecular complexity index is 280. The minimum atomic E-state index is -0.0805. The van der Waals surface area contributed by atoms with Gasteiger partial charge in [-0.25, -0.2) is 0 Å². The average molecular weight is 253 g/mol. The number of hydrogen-bond donors (Lipinski definition) is 1. The van der Waals surface area contributed by atoms with Gasteiger partial charge in [0.05, 0.1) is 5.42 Å². The molecule has 0 aliphatic heterocycles. The molecule has 1 nitrogen and oxygen atoms in total. The normalized spacial score (nSPS) is 11.9. The van der Waals surface area contributed by atoms with Crippen LogP contribution in [-0.2, 0) is 6.16 Å². The number of hydrogen-bond acceptors (Lipinski definition) is 1. The van der Waals surface area contributed by atoms with Crippen LogP contribution in [0, 0.1) is 0 Å². The van der Waals surface area contributed by atoms with Gasteiger partial charge in [0.2, 0.25) is 0 Å². The van der Waals surface area contributed by atoms with E-state index in [1.165, 1.54) is 63.9 Å². The van der Waals surface area contributed by atoms with Gasteiger partial charge in [-0.3, -0.25) is 0 Å². The number of nitrogen functional groups attached to an aromatic ring is 1. The van der Waals surface area contributed by atoms with Crippen molar-refractivity contribution in [3.8, 4) is 0 Å². The summed E-state index contributed by atoms with van der Waals surface area (Å²) in [5, 5.41) is 0. The van der Waals surface area contributed by atoms with Crippen LogP contribution >= 0.6 is 7.53 Å². The van der Waals surface area contributed by atoms with Gasteiger partial charge in [0.1, 0.15) is 0 Å². The topological polar surface area (TPSA) is 26.0 Å². The molecule has 17 heavy (non-hydrogen) atoms. The van der Waals surface area contributed by atoms with Gasteiger partial charge in [0, 0.05) is 0 Å². The molecule has 1 rings (SSSR count). The van der Waals surface area contributed by atoms with Gasteiger partial charge in [0.15, 0.2) is 0 Å². The van der Waals surface area contributed by atoms with Crippen molar-refractivity contribution in [1.29, 1.82) is 0 Å². The van der Waals surface area contributed by atoms with Gasteiger partial charge in [-0.1, -0.05) is 64.4 Å². The Morgan fingerprint density at radius 3 is 2.06 bits per heavy atom. The fourth-order valence-corrected chi connectivity index (χ4v) is 3.94. The van der Waals surface area contributed by atoms with Gasteiger partial charge < -0.3 is 5.73 Å². The Kier molecular flexibility index (Phi) is 8.26. The lowest BCUT2D eigenvalue weighted by atomic mass is 10.1. The molecule has 0 aliphatic carbocycles. The van der Waals surface area contributed by atoms with E-state index in [4.69, 9.17) is 5.73 Å². The summed E-state index contributed by atoms with van der Waals surface area (Å²) in [5.74, 6) is 2.30. The molecule has 0 bridgehead atoms. The van der Waals surface area contributed by atoms with Crippen molar-refractivity contribution in [3.05, 3.63) is 17.9 Å². The van der Waals surface area contributed by atoms with Gasteiger partial charge in [-0.15, -0.1) is 7.53 Å². The van der Waals surface area contributed by atoms with Crippen LogP contribution in [0.15, 0.2) is 17.9 Å². The van der Waals surface area contributed by atoms with Gasteiger partial charge >= 0.3 is 0 Å². The van der Waals surface area contributed by atoms with Crippen LogP contribution in [0.5, 0.6) is 0 Å². The summed E-state index contributed by atoms with van der Waals surface area (Å²) in [4.78, 5) is 0. The predicted molar refractivity (Wildman–Crippen MR) is 80.8 cm³/mol. The Morgan fingerprint density at radius 1 is 0.941 bits per heavy atom. The molecule has 1 aromatic heterocycles. The second-order valence-corrected chi connectivity index (χ2v) is 7.16. The van der Waals surface area contributed by atoms with E-state index in [-0.39, 0.29) is 7.53 Å². The number of anilines is 1. The second kappa shape index (κ2) is 9.59. The monoisotopic (exact) mass is 253 g/mol. The molecule has 2 heteroatoms. The minimum absolute atomic E-state index is 0.0805. The van der Waals surface area contributed by atoms with Crippen LogP contribution in [-0.4, -0.2) is 0 Å². The smallest absolute Gasteiger partial charge is 0.0508 e. The van der Waals surface area contributed by atoms with Crippen molar-refractivity contribution < 1.29 is 0 Å². The highest BCUT2D eigenvalue weighted by Crippen LogP contribution is 2.38. The highest BCUT2D eigenvalue weighted by molar-refractivity contribution is 7.52. The maximum atomic E-state index is 5.92. The lowest BCUT2D eigenvalue weighted by Crippen LogP contribution is -1.82. The molecule has 0 amide bonds. The van der Waals surface area contributed by atoms with E-state index >= 15 is 0 Å². The Hall–Kier alpha value is -0.420. The van der Waals surface area contributed by atoms with E-state index < -0.39 is 0 Å². The number of unbranched alkanes of at least 4 members (excludes halogenated alkanes) is 8. The standard InChI is InChI=1S/C15H28NP/c1-2-3-4-5-6-7-8-9-10-13-17-14-11-12-15(17)16/h11-12,14H,2-10,13,16H2,1H3. The number of nitrogens with two attached hydrogens (primary N) is 1. The van der Waals surface area contributed by atoms with Gasteiger partial charge in [-0.2, -0.15) is 0 Å². The summed E-state index contributed by atoms with van der Waals surface area (Å²) >= 11 is 0. The highest BCUT2D eigenvalue weighted by Gasteiger charge is 1.97. The van der Waals surface area contributed by atoms with Crippen LogP contribution in [0.3, 0.4) is 0 Å². The Morgan fingerprint density at radius 2 is 1.53 bits per heavy atom. The van der Waals surface area contributed by atoms with Crippen LogP contribution in [0.4, 0.5) is 5.42 Å². The van der Waals surface area contributed by atoms with E-state index in [9.17, 15) is 0 Å². The molecule has 2 N–H and O–H groups in total. The molecule has 1 atom stereocenters. The molecule has 0 aromatic carbocycles. The summed E-state index contributed by atoms with van der Waals surface area (Å²) in [6.45, 7) is 2.28. The van der Waals surface area contributed by atoms with E-state index in [0.717, 1.165) is 5.42 Å². The largest absolute Gasteiger partial charge is 0.396 e. The van der Waals surface area contributed by atoms with E-state index in [0.29, 0.717) is 0 Å². The third-order valence-electron chi connectivity index (χ3n) is 3.37. The van der Waals surface area contributed by atoms with Crippen LogP contribution in [0.2, 0.25) is 0 Å². The van der Waals surface area contributed by atoms with Crippen molar-refractivity contribution in [1.82, 2.24) is 0 Å². The summed E-state index contributed by atoms with van der Waals surface area (Å²) in [6.07, 6.45) is 14.0. The average Bonchev–Trinajstić information content (AvgIpc) is 2.73. The first-order valence-electron chi connectivity index (χ1n) is 7.25. The van der Waals surface area contributed by atoms with E-state index in [1.807, 2.05) is 0 Å². The lowest BCUT2D eigenvalue weighted by Gasteiger charge is -2.03. The minimum Gasteiger partial charge on any atom is -0.396 e. The molecule has 1 unspecified atom stereocenters. The highest BCUT2D eigenvalue weighted by atomic mass is 31.1. The fourth-order valence-electron chi connectivity index (χ4n) is 2.22. The lowest BCUT2D eigenvalue weighted by molar-refractivity contribution is 0.570. The third kappa shape index (κ3) is 6.78. The summed E-state index contributed by atoms with van der Waals surface area (Å²) in [6, 6.07) is 4.19. The SMILES string of the molecule is CCCCCCCCCCCp1cccc1N. The molecular weight excluding hydrogens is 225 g/mol. The third-order valence-corrected chi connectivity index (χ3v) is 5.51.